The van der Waals surface area contributed by atoms with Crippen LogP contribution in [0.4, 0.5) is 0 Å². The number of likely N-dealkylation sites (N-methyl/N-ethyl adjacent to an activating group) is 1. The topological polar surface area (TPSA) is 72.2 Å². The highest BCUT2D eigenvalue weighted by atomic mass is 16.2. The number of primary amides is 1. The van der Waals surface area contributed by atoms with Crippen molar-refractivity contribution < 1.29 is 9.59 Å². The van der Waals surface area contributed by atoms with Gasteiger partial charge in [0.15, 0.2) is 0 Å². The first-order valence-corrected chi connectivity index (χ1v) is 2.36. The van der Waals surface area contributed by atoms with Crippen molar-refractivity contribution in [2.45, 2.75) is 0 Å². The number of hydrogen-bond acceptors (Lipinski definition) is 2. The minimum Gasteiger partial charge on any atom is -0.366 e. The monoisotopic (exact) mass is 128 g/mol. The van der Waals surface area contributed by atoms with Gasteiger partial charge in [-0.05, 0) is 0 Å². The Balaban J connectivity index is 3.71. The van der Waals surface area contributed by atoms with E-state index in [1.54, 1.807) is 0 Å². The molecule has 2 amide bonds. The van der Waals surface area contributed by atoms with Crippen LogP contribution in [0.1, 0.15) is 0 Å². The highest BCUT2D eigenvalue weighted by Gasteiger charge is 1.88. The summed E-state index contributed by atoms with van der Waals surface area (Å²) in [4.78, 5) is 20.3. The van der Waals surface area contributed by atoms with Crippen molar-refractivity contribution in [1.82, 2.24) is 5.32 Å². The van der Waals surface area contributed by atoms with E-state index in [2.05, 4.69) is 11.1 Å². The van der Waals surface area contributed by atoms with Gasteiger partial charge in [0, 0.05) is 19.2 Å². The second kappa shape index (κ2) is 3.65. The molecule has 4 heteroatoms. The van der Waals surface area contributed by atoms with Gasteiger partial charge in [-0.15, -0.1) is 0 Å². The molecule has 0 aromatic carbocycles. The second-order valence-electron chi connectivity index (χ2n) is 1.35. The summed E-state index contributed by atoms with van der Waals surface area (Å²) >= 11 is 0. The van der Waals surface area contributed by atoms with Gasteiger partial charge in [-0.1, -0.05) is 0 Å². The first-order chi connectivity index (χ1) is 4.16. The lowest BCUT2D eigenvalue weighted by Crippen LogP contribution is -2.15. The third-order valence-electron chi connectivity index (χ3n) is 0.645. The highest BCUT2D eigenvalue weighted by molar-refractivity contribution is 5.95. The quantitative estimate of drug-likeness (QED) is 0.457. The van der Waals surface area contributed by atoms with Crippen molar-refractivity contribution in [3.8, 4) is 0 Å². The highest BCUT2D eigenvalue weighted by Crippen LogP contribution is 1.68. The van der Waals surface area contributed by atoms with Gasteiger partial charge < -0.3 is 11.1 Å². The van der Waals surface area contributed by atoms with E-state index in [4.69, 9.17) is 0 Å². The Morgan fingerprint density at radius 1 is 1.44 bits per heavy atom. The van der Waals surface area contributed by atoms with Crippen LogP contribution in [0.2, 0.25) is 0 Å². The van der Waals surface area contributed by atoms with Gasteiger partial charge in [-0.25, -0.2) is 0 Å². The van der Waals surface area contributed by atoms with E-state index in [1.807, 2.05) is 0 Å². The molecule has 0 fully saturated rings. The third-order valence-corrected chi connectivity index (χ3v) is 0.645. The number of hydrogen-bond donors (Lipinski definition) is 2. The molecule has 0 heterocycles. The zero-order chi connectivity index (χ0) is 7.28. The number of nitrogens with two attached hydrogens (primary N) is 1. The van der Waals surface area contributed by atoms with E-state index in [1.165, 1.54) is 7.05 Å². The average molecular weight is 128 g/mol. The number of amides is 2. The Morgan fingerprint density at radius 2 is 2.00 bits per heavy atom. The standard InChI is InChI=1S/C5H8N2O2/c1-7-5(9)3-2-4(6)8/h2-3H,1H3,(H2,6,8)(H,7,9). The van der Waals surface area contributed by atoms with Gasteiger partial charge in [0.1, 0.15) is 0 Å². The maximum atomic E-state index is 10.3. The lowest BCUT2D eigenvalue weighted by molar-refractivity contribution is -0.117. The molecule has 50 valence electrons. The minimum atomic E-state index is -0.626. The first-order valence-electron chi connectivity index (χ1n) is 2.36. The van der Waals surface area contributed by atoms with Crippen molar-refractivity contribution in [2.75, 3.05) is 7.05 Å². The maximum absolute atomic E-state index is 10.3. The summed E-state index contributed by atoms with van der Waals surface area (Å²) < 4.78 is 0. The Labute approximate surface area is 52.7 Å². The average Bonchev–Trinajstić information content (AvgIpc) is 1.83. The molecule has 0 aliphatic heterocycles. The fourth-order valence-corrected chi connectivity index (χ4v) is 0.241. The molecule has 0 aromatic rings. The minimum absolute atomic E-state index is 0.339. The molecule has 0 atom stereocenters. The number of carbonyl (C=O) groups excluding carboxylic acids is 2. The lowest BCUT2D eigenvalue weighted by Gasteiger charge is -1.85. The maximum Gasteiger partial charge on any atom is 0.243 e. The van der Waals surface area contributed by atoms with Crippen molar-refractivity contribution in [1.29, 1.82) is 0 Å². The molecule has 0 spiro atoms. The lowest BCUT2D eigenvalue weighted by atomic mass is 10.4. The Kier molecular flexibility index (Phi) is 3.12. The molecule has 0 aromatic heterocycles. The Hall–Kier alpha value is -1.32. The van der Waals surface area contributed by atoms with E-state index in [-0.39, 0.29) is 5.91 Å². The van der Waals surface area contributed by atoms with Gasteiger partial charge in [-0.2, -0.15) is 0 Å². The van der Waals surface area contributed by atoms with E-state index >= 15 is 0 Å². The molecule has 3 N–H and O–H groups in total. The van der Waals surface area contributed by atoms with Crippen LogP contribution < -0.4 is 11.1 Å². The zero-order valence-corrected chi connectivity index (χ0v) is 5.05. The van der Waals surface area contributed by atoms with Crippen LogP contribution >= 0.6 is 0 Å². The first kappa shape index (κ1) is 7.68. The molecule has 4 nitrogen and oxygen atoms in total. The fraction of sp³-hybridized carbons (Fsp3) is 0.200. The predicted octanol–water partition coefficient (Wildman–Crippen LogP) is -1.23. The van der Waals surface area contributed by atoms with Crippen molar-refractivity contribution >= 4 is 11.8 Å². The summed E-state index contributed by atoms with van der Waals surface area (Å²) in [6, 6.07) is 0. The van der Waals surface area contributed by atoms with Crippen molar-refractivity contribution in [3.05, 3.63) is 12.2 Å². The van der Waals surface area contributed by atoms with E-state index < -0.39 is 5.91 Å². The van der Waals surface area contributed by atoms with Gasteiger partial charge >= 0.3 is 0 Å². The van der Waals surface area contributed by atoms with Crippen LogP contribution in [-0.4, -0.2) is 18.9 Å². The SMILES string of the molecule is CNC(=O)C=CC(N)=O. The molecular weight excluding hydrogens is 120 g/mol. The van der Waals surface area contributed by atoms with Crippen LogP contribution in [0, 0.1) is 0 Å². The molecule has 0 saturated carbocycles. The van der Waals surface area contributed by atoms with E-state index in [0.29, 0.717) is 0 Å². The second-order valence-corrected chi connectivity index (χ2v) is 1.35. The molecule has 0 radical (unpaired) electrons. The van der Waals surface area contributed by atoms with Crippen LogP contribution in [0.5, 0.6) is 0 Å². The fourth-order valence-electron chi connectivity index (χ4n) is 0.241. The Morgan fingerprint density at radius 3 is 2.33 bits per heavy atom. The molecule has 0 unspecified atom stereocenters. The van der Waals surface area contributed by atoms with Crippen LogP contribution in [0.3, 0.4) is 0 Å². The molecule has 0 saturated heterocycles. The molecular formula is C5H8N2O2. The van der Waals surface area contributed by atoms with Gasteiger partial charge in [0.25, 0.3) is 0 Å². The van der Waals surface area contributed by atoms with Gasteiger partial charge in [0.05, 0.1) is 0 Å². The number of nitrogens with one attached hydrogen (secondary N) is 1. The summed E-state index contributed by atoms with van der Waals surface area (Å²) in [5.41, 5.74) is 4.69. The molecule has 9 heavy (non-hydrogen) atoms. The predicted molar refractivity (Wildman–Crippen MR) is 32.4 cm³/mol. The normalized spacial score (nSPS) is 9.44. The molecule has 0 rings (SSSR count). The molecule has 0 aliphatic carbocycles. The smallest absolute Gasteiger partial charge is 0.243 e. The van der Waals surface area contributed by atoms with Gasteiger partial charge in [-0.3, -0.25) is 9.59 Å². The van der Waals surface area contributed by atoms with Crippen LogP contribution in [-0.2, 0) is 9.59 Å². The molecule has 0 aliphatic rings. The summed E-state index contributed by atoms with van der Waals surface area (Å²) in [6.07, 6.45) is 2.07. The summed E-state index contributed by atoms with van der Waals surface area (Å²) in [5.74, 6) is -0.965. The van der Waals surface area contributed by atoms with E-state index in [0.717, 1.165) is 12.2 Å². The number of rotatable bonds is 2. The zero-order valence-electron chi connectivity index (χ0n) is 5.05. The summed E-state index contributed by atoms with van der Waals surface area (Å²) in [6.45, 7) is 0. The van der Waals surface area contributed by atoms with Crippen molar-refractivity contribution in [2.24, 2.45) is 5.73 Å². The number of carbonyl (C=O) groups is 2. The van der Waals surface area contributed by atoms with Gasteiger partial charge in [0.2, 0.25) is 11.8 Å². The van der Waals surface area contributed by atoms with Crippen molar-refractivity contribution in [3.63, 3.8) is 0 Å². The third kappa shape index (κ3) is 4.53. The van der Waals surface area contributed by atoms with Crippen LogP contribution in [0.15, 0.2) is 12.2 Å². The largest absolute Gasteiger partial charge is 0.366 e. The summed E-state index contributed by atoms with van der Waals surface area (Å²) in [7, 11) is 1.47. The van der Waals surface area contributed by atoms with Crippen LogP contribution in [0.25, 0.3) is 0 Å². The summed E-state index contributed by atoms with van der Waals surface area (Å²) in [5, 5.41) is 2.29. The molecule has 0 bridgehead atoms. The van der Waals surface area contributed by atoms with E-state index in [9.17, 15) is 9.59 Å². The Bertz CT molecular complexity index is 151.